The first kappa shape index (κ1) is 15.8. The van der Waals surface area contributed by atoms with Crippen molar-refractivity contribution in [2.24, 2.45) is 0 Å². The van der Waals surface area contributed by atoms with E-state index in [0.717, 1.165) is 0 Å². The van der Waals surface area contributed by atoms with Gasteiger partial charge in [0.2, 0.25) is 5.91 Å². The first-order valence-corrected chi connectivity index (χ1v) is 7.99. The van der Waals surface area contributed by atoms with Crippen molar-refractivity contribution in [3.05, 3.63) is 69.2 Å². The summed E-state index contributed by atoms with van der Waals surface area (Å²) in [6.07, 6.45) is 0.456. The number of H-pyrrole nitrogens is 2. The normalized spacial score (nSPS) is 11.1. The number of amides is 1. The van der Waals surface area contributed by atoms with Gasteiger partial charge in [-0.05, 0) is 30.3 Å². The molecular weight excluding hydrogens is 336 g/mol. The van der Waals surface area contributed by atoms with Crippen molar-refractivity contribution in [3.8, 4) is 0 Å². The second-order valence-electron chi connectivity index (χ2n) is 5.80. The van der Waals surface area contributed by atoms with E-state index in [9.17, 15) is 14.4 Å². The number of nitrogens with zero attached hydrogens (tertiary/aromatic N) is 1. The van der Waals surface area contributed by atoms with Crippen LogP contribution >= 0.6 is 0 Å². The number of oxazole rings is 1. The first-order valence-electron chi connectivity index (χ1n) is 7.99. The van der Waals surface area contributed by atoms with E-state index < -0.39 is 5.76 Å². The van der Waals surface area contributed by atoms with Gasteiger partial charge in [-0.15, -0.1) is 0 Å². The van der Waals surface area contributed by atoms with E-state index in [2.05, 4.69) is 20.3 Å². The number of hydrogen-bond donors (Lipinski definition) is 3. The topological polar surface area (TPSA) is 121 Å². The van der Waals surface area contributed by atoms with E-state index >= 15 is 0 Å². The zero-order valence-electron chi connectivity index (χ0n) is 13.5. The number of nitrogens with one attached hydrogen (secondary N) is 3. The minimum atomic E-state index is -0.546. The van der Waals surface area contributed by atoms with Crippen molar-refractivity contribution in [1.29, 1.82) is 0 Å². The van der Waals surface area contributed by atoms with Crippen LogP contribution in [0.3, 0.4) is 0 Å². The Bertz CT molecular complexity index is 1240. The Morgan fingerprint density at radius 1 is 1.12 bits per heavy atom. The molecule has 0 spiro atoms. The Morgan fingerprint density at radius 3 is 2.85 bits per heavy atom. The van der Waals surface area contributed by atoms with Crippen molar-refractivity contribution >= 4 is 33.6 Å². The van der Waals surface area contributed by atoms with Crippen molar-refractivity contribution in [1.82, 2.24) is 15.0 Å². The van der Waals surface area contributed by atoms with E-state index in [1.54, 1.807) is 36.4 Å². The van der Waals surface area contributed by atoms with E-state index in [4.69, 9.17) is 4.42 Å². The summed E-state index contributed by atoms with van der Waals surface area (Å²) in [5.41, 5.74) is 1.85. The summed E-state index contributed by atoms with van der Waals surface area (Å²) < 4.78 is 4.91. The van der Waals surface area contributed by atoms with Gasteiger partial charge >= 0.3 is 5.76 Å². The molecule has 3 N–H and O–H groups in total. The fraction of sp³-hybridized carbons (Fsp3) is 0.111. The quantitative estimate of drug-likeness (QED) is 0.519. The Balaban J connectivity index is 1.46. The van der Waals surface area contributed by atoms with Crippen LogP contribution in [0, 0.1) is 0 Å². The largest absolute Gasteiger partial charge is 0.417 e. The third-order valence-electron chi connectivity index (χ3n) is 3.95. The molecule has 0 aliphatic carbocycles. The Morgan fingerprint density at radius 2 is 1.96 bits per heavy atom. The van der Waals surface area contributed by atoms with Gasteiger partial charge in [0.05, 0.1) is 16.4 Å². The monoisotopic (exact) mass is 350 g/mol. The lowest BCUT2D eigenvalue weighted by Gasteiger charge is -2.05. The average Bonchev–Trinajstić information content (AvgIpc) is 2.99. The second-order valence-corrected chi connectivity index (χ2v) is 5.80. The molecule has 0 radical (unpaired) electrons. The molecule has 8 nitrogen and oxygen atoms in total. The zero-order chi connectivity index (χ0) is 18.1. The molecule has 4 aromatic rings. The molecule has 0 saturated carbocycles. The first-order chi connectivity index (χ1) is 12.6. The predicted octanol–water partition coefficient (Wildman–Crippen LogP) is 1.93. The molecule has 130 valence electrons. The number of para-hydroxylation sites is 1. The Kier molecular flexibility index (Phi) is 3.85. The smallest absolute Gasteiger partial charge is 0.408 e. The summed E-state index contributed by atoms with van der Waals surface area (Å²) in [4.78, 5) is 44.9. The predicted molar refractivity (Wildman–Crippen MR) is 96.1 cm³/mol. The van der Waals surface area contributed by atoms with Crippen LogP contribution in [-0.4, -0.2) is 20.9 Å². The lowest BCUT2D eigenvalue weighted by atomic mass is 10.2. The Hall–Kier alpha value is -3.68. The molecular formula is C18H14N4O4. The average molecular weight is 350 g/mol. The van der Waals surface area contributed by atoms with Crippen LogP contribution in [0.1, 0.15) is 12.2 Å². The molecule has 0 atom stereocenters. The molecule has 0 saturated heterocycles. The van der Waals surface area contributed by atoms with Crippen LogP contribution in [0.25, 0.3) is 22.0 Å². The number of aryl methyl sites for hydroxylation is 1. The van der Waals surface area contributed by atoms with E-state index in [-0.39, 0.29) is 17.9 Å². The fourth-order valence-electron chi connectivity index (χ4n) is 2.74. The van der Waals surface area contributed by atoms with Crippen LogP contribution in [0.15, 0.2) is 56.5 Å². The van der Waals surface area contributed by atoms with Gasteiger partial charge in [0.1, 0.15) is 5.82 Å². The number of anilines is 1. The van der Waals surface area contributed by atoms with Gasteiger partial charge in [0, 0.05) is 18.5 Å². The van der Waals surface area contributed by atoms with Gasteiger partial charge in [-0.2, -0.15) is 0 Å². The molecule has 26 heavy (non-hydrogen) atoms. The highest BCUT2D eigenvalue weighted by atomic mass is 16.4. The highest BCUT2D eigenvalue weighted by molar-refractivity contribution is 5.92. The maximum Gasteiger partial charge on any atom is 0.417 e. The molecule has 4 rings (SSSR count). The molecule has 0 aliphatic rings. The van der Waals surface area contributed by atoms with Crippen molar-refractivity contribution in [2.75, 3.05) is 5.32 Å². The number of rotatable bonds is 4. The van der Waals surface area contributed by atoms with Gasteiger partial charge in [0.25, 0.3) is 5.56 Å². The van der Waals surface area contributed by atoms with Gasteiger partial charge < -0.3 is 14.7 Å². The summed E-state index contributed by atoms with van der Waals surface area (Å²) in [6.45, 7) is 0. The number of hydrogen-bond acceptors (Lipinski definition) is 5. The Labute approximate surface area is 145 Å². The molecule has 2 aromatic heterocycles. The van der Waals surface area contributed by atoms with Gasteiger partial charge in [-0.3, -0.25) is 14.6 Å². The molecule has 8 heteroatoms. The summed E-state index contributed by atoms with van der Waals surface area (Å²) in [5.74, 6) is -0.320. The number of aromatic nitrogens is 3. The number of carbonyl (C=O) groups excluding carboxylic acids is 1. The molecule has 0 fully saturated rings. The summed E-state index contributed by atoms with van der Waals surface area (Å²) in [5, 5.41) is 3.26. The lowest BCUT2D eigenvalue weighted by molar-refractivity contribution is -0.116. The minimum absolute atomic E-state index is 0.154. The maximum absolute atomic E-state index is 12.1. The van der Waals surface area contributed by atoms with E-state index in [1.165, 1.54) is 0 Å². The number of aromatic amines is 2. The minimum Gasteiger partial charge on any atom is -0.408 e. The van der Waals surface area contributed by atoms with Crippen molar-refractivity contribution in [2.45, 2.75) is 12.8 Å². The van der Waals surface area contributed by atoms with Crippen molar-refractivity contribution in [3.63, 3.8) is 0 Å². The molecule has 2 heterocycles. The molecule has 1 amide bonds. The zero-order valence-corrected chi connectivity index (χ0v) is 13.5. The van der Waals surface area contributed by atoms with Crippen LogP contribution in [-0.2, 0) is 11.2 Å². The lowest BCUT2D eigenvalue weighted by Crippen LogP contribution is -2.16. The maximum atomic E-state index is 12.1. The van der Waals surface area contributed by atoms with Crippen LogP contribution in [0.5, 0.6) is 0 Å². The van der Waals surface area contributed by atoms with Crippen molar-refractivity contribution < 1.29 is 9.21 Å². The highest BCUT2D eigenvalue weighted by Gasteiger charge is 2.08. The number of benzene rings is 2. The van der Waals surface area contributed by atoms with Crippen LogP contribution in [0.4, 0.5) is 5.69 Å². The van der Waals surface area contributed by atoms with Gasteiger partial charge in [0.15, 0.2) is 5.58 Å². The second kappa shape index (κ2) is 6.32. The van der Waals surface area contributed by atoms with E-state index in [1.807, 2.05) is 6.07 Å². The highest BCUT2D eigenvalue weighted by Crippen LogP contribution is 2.16. The van der Waals surface area contributed by atoms with Crippen LogP contribution < -0.4 is 16.6 Å². The number of carbonyl (C=O) groups is 1. The third kappa shape index (κ3) is 3.12. The fourth-order valence-corrected chi connectivity index (χ4v) is 2.74. The summed E-state index contributed by atoms with van der Waals surface area (Å²) in [7, 11) is 0. The third-order valence-corrected chi connectivity index (χ3v) is 3.95. The summed E-state index contributed by atoms with van der Waals surface area (Å²) >= 11 is 0. The van der Waals surface area contributed by atoms with Gasteiger partial charge in [-0.1, -0.05) is 12.1 Å². The molecule has 2 aromatic carbocycles. The number of fused-ring (bicyclic) bond motifs is 2. The van der Waals surface area contributed by atoms with Gasteiger partial charge in [-0.25, -0.2) is 9.78 Å². The molecule has 0 unspecified atom stereocenters. The summed E-state index contributed by atoms with van der Waals surface area (Å²) in [6, 6.07) is 11.9. The standard InChI is InChI=1S/C18H14N4O4/c23-16(19-10-5-6-14-13(9-10)21-18(25)26-14)8-7-15-20-12-4-2-1-3-11(12)17(24)22-15/h1-6,9H,7-8H2,(H,19,23)(H,21,25)(H,20,22,24). The van der Waals surface area contributed by atoms with E-state index in [0.29, 0.717) is 39.9 Å². The van der Waals surface area contributed by atoms with Crippen LogP contribution in [0.2, 0.25) is 0 Å². The SMILES string of the molecule is O=C(CCc1nc2ccccc2c(=O)[nH]1)Nc1ccc2oc(=O)[nH]c2c1. The molecule has 0 bridgehead atoms. The molecule has 0 aliphatic heterocycles.